The van der Waals surface area contributed by atoms with Crippen LogP contribution in [0, 0.1) is 0 Å². The van der Waals surface area contributed by atoms with E-state index in [0.717, 1.165) is 22.3 Å². The Kier molecular flexibility index (Phi) is 2.48. The second kappa shape index (κ2) is 3.47. The Bertz CT molecular complexity index is 369. The fourth-order valence-corrected chi connectivity index (χ4v) is 2.99. The molecule has 0 amide bonds. The summed E-state index contributed by atoms with van der Waals surface area (Å²) >= 11 is 9.50. The van der Waals surface area contributed by atoms with E-state index >= 15 is 0 Å². The average molecular weight is 258 g/mol. The van der Waals surface area contributed by atoms with Crippen LogP contribution in [0.4, 0.5) is 0 Å². The minimum atomic E-state index is 0.806. The highest BCUT2D eigenvalue weighted by Gasteiger charge is 2.15. The molecule has 13 heavy (non-hydrogen) atoms. The zero-order valence-electron chi connectivity index (χ0n) is 7.24. The Morgan fingerprint density at radius 3 is 2.85 bits per heavy atom. The number of aryl methyl sites for hydroxylation is 1. The molecule has 0 radical (unpaired) electrons. The fraction of sp³-hybridized carbons (Fsp3) is 0.273. The Labute approximate surface area is 91.7 Å². The van der Waals surface area contributed by atoms with E-state index in [1.165, 1.54) is 23.1 Å². The van der Waals surface area contributed by atoms with Gasteiger partial charge in [-0.2, -0.15) is 0 Å². The molecular formula is C11H10BrCl. The lowest BCUT2D eigenvalue weighted by Gasteiger charge is -2.19. The lowest BCUT2D eigenvalue weighted by molar-refractivity contribution is 0.822. The van der Waals surface area contributed by atoms with Gasteiger partial charge in [0.1, 0.15) is 0 Å². The van der Waals surface area contributed by atoms with Crippen LogP contribution in [0.3, 0.4) is 0 Å². The predicted molar refractivity (Wildman–Crippen MR) is 61.1 cm³/mol. The quantitative estimate of drug-likeness (QED) is 0.644. The summed E-state index contributed by atoms with van der Waals surface area (Å²) in [4.78, 5) is 0. The third-order valence-electron chi connectivity index (χ3n) is 2.41. The number of fused-ring (bicyclic) bond motifs is 1. The summed E-state index contributed by atoms with van der Waals surface area (Å²) in [6, 6.07) is 3.99. The molecule has 0 nitrogen and oxygen atoms in total. The highest BCUT2D eigenvalue weighted by molar-refractivity contribution is 9.10. The predicted octanol–water partition coefficient (Wildman–Crippen LogP) is 4.45. The van der Waals surface area contributed by atoms with Crippen molar-refractivity contribution in [3.05, 3.63) is 39.3 Å². The molecular weight excluding hydrogens is 247 g/mol. The first-order valence-corrected chi connectivity index (χ1v) is 5.51. The molecule has 2 heteroatoms. The lowest BCUT2D eigenvalue weighted by atomic mass is 9.88. The maximum Gasteiger partial charge on any atom is 0.0420 e. The summed E-state index contributed by atoms with van der Waals surface area (Å²) in [6.45, 7) is 4.07. The van der Waals surface area contributed by atoms with Gasteiger partial charge in [0.15, 0.2) is 0 Å². The highest BCUT2D eigenvalue weighted by Crippen LogP contribution is 2.36. The van der Waals surface area contributed by atoms with E-state index in [0.29, 0.717) is 0 Å². The Balaban J connectivity index is 2.63. The molecule has 0 saturated heterocycles. The first-order valence-electron chi connectivity index (χ1n) is 4.34. The molecule has 0 saturated carbocycles. The number of halogens is 2. The van der Waals surface area contributed by atoms with Crippen molar-refractivity contribution in [2.24, 2.45) is 0 Å². The molecule has 1 aromatic carbocycles. The summed E-state index contributed by atoms with van der Waals surface area (Å²) in [5.74, 6) is 0. The minimum Gasteiger partial charge on any atom is -0.0952 e. The Hall–Kier alpha value is -0.270. The SMILES string of the molecule is C=C1CCCc2cc(Cl)cc(Br)c21. The maximum absolute atomic E-state index is 5.97. The largest absolute Gasteiger partial charge is 0.0952 e. The van der Waals surface area contributed by atoms with Gasteiger partial charge < -0.3 is 0 Å². The fourth-order valence-electron chi connectivity index (χ4n) is 1.84. The smallest absolute Gasteiger partial charge is 0.0420 e. The summed E-state index contributed by atoms with van der Waals surface area (Å²) < 4.78 is 1.08. The second-order valence-electron chi connectivity index (χ2n) is 3.38. The summed E-state index contributed by atoms with van der Waals surface area (Å²) in [6.07, 6.45) is 3.42. The minimum absolute atomic E-state index is 0.806. The monoisotopic (exact) mass is 256 g/mol. The number of hydrogen-bond donors (Lipinski definition) is 0. The van der Waals surface area contributed by atoms with Crippen LogP contribution in [-0.2, 0) is 6.42 Å². The summed E-state index contributed by atoms with van der Waals surface area (Å²) in [5.41, 5.74) is 3.83. The van der Waals surface area contributed by atoms with Gasteiger partial charge in [-0.3, -0.25) is 0 Å². The van der Waals surface area contributed by atoms with Crippen LogP contribution >= 0.6 is 27.5 Å². The van der Waals surface area contributed by atoms with E-state index in [-0.39, 0.29) is 0 Å². The zero-order chi connectivity index (χ0) is 9.42. The van der Waals surface area contributed by atoms with Crippen molar-refractivity contribution in [2.75, 3.05) is 0 Å². The molecule has 0 fully saturated rings. The van der Waals surface area contributed by atoms with E-state index in [1.54, 1.807) is 0 Å². The molecule has 0 atom stereocenters. The third kappa shape index (κ3) is 1.68. The Morgan fingerprint density at radius 2 is 2.08 bits per heavy atom. The van der Waals surface area contributed by atoms with Crippen LogP contribution in [0.5, 0.6) is 0 Å². The summed E-state index contributed by atoms with van der Waals surface area (Å²) in [5, 5.41) is 0.806. The van der Waals surface area contributed by atoms with Crippen LogP contribution in [0.15, 0.2) is 23.2 Å². The maximum atomic E-state index is 5.97. The lowest BCUT2D eigenvalue weighted by Crippen LogP contribution is -2.01. The molecule has 1 aliphatic rings. The van der Waals surface area contributed by atoms with Crippen molar-refractivity contribution in [3.63, 3.8) is 0 Å². The van der Waals surface area contributed by atoms with Crippen molar-refractivity contribution in [1.29, 1.82) is 0 Å². The first-order chi connectivity index (χ1) is 6.18. The van der Waals surface area contributed by atoms with E-state index < -0.39 is 0 Å². The van der Waals surface area contributed by atoms with E-state index in [9.17, 15) is 0 Å². The van der Waals surface area contributed by atoms with E-state index in [1.807, 2.05) is 12.1 Å². The highest BCUT2D eigenvalue weighted by atomic mass is 79.9. The van der Waals surface area contributed by atoms with Gasteiger partial charge >= 0.3 is 0 Å². The molecule has 0 unspecified atom stereocenters. The van der Waals surface area contributed by atoms with E-state index in [4.69, 9.17) is 11.6 Å². The molecule has 68 valence electrons. The topological polar surface area (TPSA) is 0 Å². The van der Waals surface area contributed by atoms with Crippen molar-refractivity contribution < 1.29 is 0 Å². The van der Waals surface area contributed by atoms with Gasteiger partial charge in [-0.05, 0) is 48.1 Å². The zero-order valence-corrected chi connectivity index (χ0v) is 9.58. The van der Waals surface area contributed by atoms with Gasteiger partial charge in [0.05, 0.1) is 0 Å². The standard InChI is InChI=1S/C11H10BrCl/c1-7-3-2-4-8-5-9(13)6-10(12)11(7)8/h5-6H,1-4H2. The van der Waals surface area contributed by atoms with Crippen molar-refractivity contribution in [3.8, 4) is 0 Å². The number of hydrogen-bond acceptors (Lipinski definition) is 0. The van der Waals surface area contributed by atoms with Gasteiger partial charge in [-0.1, -0.05) is 34.1 Å². The number of allylic oxidation sites excluding steroid dienone is 1. The molecule has 0 aliphatic heterocycles. The second-order valence-corrected chi connectivity index (χ2v) is 4.67. The normalized spacial score (nSPS) is 15.7. The van der Waals surface area contributed by atoms with Crippen LogP contribution < -0.4 is 0 Å². The molecule has 0 bridgehead atoms. The van der Waals surface area contributed by atoms with Crippen LogP contribution in [0.2, 0.25) is 5.02 Å². The molecule has 0 heterocycles. The first kappa shape index (κ1) is 9.29. The molecule has 0 N–H and O–H groups in total. The van der Waals surface area contributed by atoms with Crippen LogP contribution in [0.25, 0.3) is 5.57 Å². The van der Waals surface area contributed by atoms with Gasteiger partial charge in [-0.25, -0.2) is 0 Å². The van der Waals surface area contributed by atoms with Crippen LogP contribution in [-0.4, -0.2) is 0 Å². The van der Waals surface area contributed by atoms with E-state index in [2.05, 4.69) is 22.5 Å². The van der Waals surface area contributed by atoms with Gasteiger partial charge in [0, 0.05) is 9.50 Å². The molecule has 0 spiro atoms. The molecule has 1 aromatic rings. The van der Waals surface area contributed by atoms with Crippen molar-refractivity contribution in [2.45, 2.75) is 19.3 Å². The summed E-state index contributed by atoms with van der Waals surface area (Å²) in [7, 11) is 0. The van der Waals surface area contributed by atoms with Gasteiger partial charge in [0.2, 0.25) is 0 Å². The Morgan fingerprint density at radius 1 is 1.31 bits per heavy atom. The van der Waals surface area contributed by atoms with Crippen molar-refractivity contribution in [1.82, 2.24) is 0 Å². The van der Waals surface area contributed by atoms with Gasteiger partial charge in [0.25, 0.3) is 0 Å². The van der Waals surface area contributed by atoms with Crippen LogP contribution in [0.1, 0.15) is 24.0 Å². The number of rotatable bonds is 0. The molecule has 1 aliphatic carbocycles. The van der Waals surface area contributed by atoms with Crippen molar-refractivity contribution >= 4 is 33.1 Å². The number of benzene rings is 1. The molecule has 2 rings (SSSR count). The van der Waals surface area contributed by atoms with Gasteiger partial charge in [-0.15, -0.1) is 0 Å². The average Bonchev–Trinajstić information content (AvgIpc) is 2.02. The molecule has 0 aromatic heterocycles. The third-order valence-corrected chi connectivity index (χ3v) is 3.26.